The van der Waals surface area contributed by atoms with E-state index in [1.807, 2.05) is 17.5 Å². The Hall–Kier alpha value is -1.10. The van der Waals surface area contributed by atoms with Gasteiger partial charge in [0.15, 0.2) is 0 Å². The lowest BCUT2D eigenvalue weighted by atomic mass is 10.1. The van der Waals surface area contributed by atoms with Gasteiger partial charge in [0.1, 0.15) is 5.76 Å². The van der Waals surface area contributed by atoms with Crippen LogP contribution in [0, 0.1) is 0 Å². The lowest BCUT2D eigenvalue weighted by Crippen LogP contribution is -2.28. The molecule has 2 aromatic heterocycles. The van der Waals surface area contributed by atoms with Gasteiger partial charge in [-0.15, -0.1) is 11.3 Å². The molecule has 0 spiro atoms. The average Bonchev–Trinajstić information content (AvgIpc) is 2.89. The molecule has 0 amide bonds. The van der Waals surface area contributed by atoms with Crippen molar-refractivity contribution in [3.63, 3.8) is 0 Å². The minimum atomic E-state index is 0.0405. The number of nitrogens with two attached hydrogens (primary N) is 1. The van der Waals surface area contributed by atoms with Gasteiger partial charge in [-0.2, -0.15) is 0 Å². The number of nitrogens with one attached hydrogen (secondary N) is 1. The van der Waals surface area contributed by atoms with E-state index in [0.717, 1.165) is 17.7 Å². The number of furan rings is 1. The van der Waals surface area contributed by atoms with Gasteiger partial charge in [0, 0.05) is 16.9 Å². The number of aryl methyl sites for hydroxylation is 1. The molecule has 1 atom stereocenters. The molecule has 80 valence electrons. The van der Waals surface area contributed by atoms with Crippen molar-refractivity contribution < 1.29 is 4.42 Å². The van der Waals surface area contributed by atoms with Crippen LogP contribution in [0.5, 0.6) is 0 Å². The van der Waals surface area contributed by atoms with Gasteiger partial charge in [-0.3, -0.25) is 5.84 Å². The van der Waals surface area contributed by atoms with E-state index in [9.17, 15) is 0 Å². The molecule has 3 N–H and O–H groups in total. The highest BCUT2D eigenvalue weighted by Crippen LogP contribution is 2.28. The molecular formula is C11H14N2OS. The van der Waals surface area contributed by atoms with E-state index < -0.39 is 0 Å². The number of hydrogen-bond donors (Lipinski definition) is 2. The normalized spacial score (nSPS) is 12.9. The van der Waals surface area contributed by atoms with Crippen LogP contribution in [0.4, 0.5) is 0 Å². The number of rotatable bonds is 4. The van der Waals surface area contributed by atoms with Crippen molar-refractivity contribution in [1.82, 2.24) is 5.43 Å². The molecular weight excluding hydrogens is 208 g/mol. The smallest absolute Gasteiger partial charge is 0.108 e. The Balaban J connectivity index is 2.35. The van der Waals surface area contributed by atoms with E-state index in [-0.39, 0.29) is 6.04 Å². The Morgan fingerprint density at radius 3 is 3.00 bits per heavy atom. The first kappa shape index (κ1) is 10.4. The number of thiophene rings is 1. The van der Waals surface area contributed by atoms with Crippen LogP contribution in [-0.2, 0) is 6.42 Å². The van der Waals surface area contributed by atoms with Gasteiger partial charge in [0.2, 0.25) is 0 Å². The summed E-state index contributed by atoms with van der Waals surface area (Å²) in [5.41, 5.74) is 3.96. The molecule has 0 aliphatic rings. The minimum Gasteiger partial charge on any atom is -0.469 e. The Morgan fingerprint density at radius 1 is 1.53 bits per heavy atom. The van der Waals surface area contributed by atoms with Gasteiger partial charge in [0.05, 0.1) is 12.3 Å². The maximum absolute atomic E-state index is 5.59. The van der Waals surface area contributed by atoms with Crippen LogP contribution in [0.25, 0.3) is 0 Å². The van der Waals surface area contributed by atoms with E-state index in [1.165, 1.54) is 4.88 Å². The van der Waals surface area contributed by atoms with Crippen LogP contribution in [-0.4, -0.2) is 0 Å². The second kappa shape index (κ2) is 4.61. The zero-order chi connectivity index (χ0) is 10.7. The standard InChI is InChI=1S/C11H14N2OS/c1-2-9-8(5-6-14-9)11(13-12)10-4-3-7-15-10/h3-7,11,13H,2,12H2,1H3. The maximum atomic E-state index is 5.59. The van der Waals surface area contributed by atoms with Crippen molar-refractivity contribution >= 4 is 11.3 Å². The molecule has 0 bridgehead atoms. The Morgan fingerprint density at radius 2 is 2.40 bits per heavy atom. The van der Waals surface area contributed by atoms with Gasteiger partial charge < -0.3 is 4.42 Å². The lowest BCUT2D eigenvalue weighted by molar-refractivity contribution is 0.503. The fourth-order valence-electron chi connectivity index (χ4n) is 1.68. The van der Waals surface area contributed by atoms with Gasteiger partial charge in [-0.1, -0.05) is 13.0 Å². The van der Waals surface area contributed by atoms with Crippen LogP contribution in [0.15, 0.2) is 34.3 Å². The molecule has 0 fully saturated rings. The molecule has 3 nitrogen and oxygen atoms in total. The molecule has 0 aliphatic heterocycles. The molecule has 0 aliphatic carbocycles. The van der Waals surface area contributed by atoms with Gasteiger partial charge >= 0.3 is 0 Å². The Labute approximate surface area is 92.9 Å². The SMILES string of the molecule is CCc1occc1C(NN)c1cccs1. The number of hydrogen-bond acceptors (Lipinski definition) is 4. The molecule has 0 saturated carbocycles. The third-order valence-corrected chi connectivity index (χ3v) is 3.34. The van der Waals surface area contributed by atoms with Crippen LogP contribution in [0.3, 0.4) is 0 Å². The van der Waals surface area contributed by atoms with Gasteiger partial charge in [-0.25, -0.2) is 5.43 Å². The van der Waals surface area contributed by atoms with Crippen LogP contribution < -0.4 is 11.3 Å². The van der Waals surface area contributed by atoms with Crippen LogP contribution in [0.2, 0.25) is 0 Å². The summed E-state index contributed by atoms with van der Waals surface area (Å²) >= 11 is 1.69. The maximum Gasteiger partial charge on any atom is 0.108 e. The van der Waals surface area contributed by atoms with E-state index in [2.05, 4.69) is 18.4 Å². The van der Waals surface area contributed by atoms with E-state index in [4.69, 9.17) is 10.3 Å². The molecule has 0 aromatic carbocycles. The summed E-state index contributed by atoms with van der Waals surface area (Å²) in [6, 6.07) is 6.11. The first-order valence-corrected chi connectivity index (χ1v) is 5.80. The largest absolute Gasteiger partial charge is 0.469 e. The summed E-state index contributed by atoms with van der Waals surface area (Å²) < 4.78 is 5.40. The zero-order valence-corrected chi connectivity index (χ0v) is 9.38. The monoisotopic (exact) mass is 222 g/mol. The fraction of sp³-hybridized carbons (Fsp3) is 0.273. The Bertz CT molecular complexity index is 408. The third kappa shape index (κ3) is 1.97. The molecule has 0 saturated heterocycles. The predicted molar refractivity (Wildman–Crippen MR) is 61.6 cm³/mol. The summed E-state index contributed by atoms with van der Waals surface area (Å²) in [6.45, 7) is 2.07. The number of hydrazine groups is 1. The molecule has 4 heteroatoms. The quantitative estimate of drug-likeness (QED) is 0.617. The summed E-state index contributed by atoms with van der Waals surface area (Å²) in [7, 11) is 0. The summed E-state index contributed by atoms with van der Waals surface area (Å²) in [6.07, 6.45) is 2.60. The molecule has 2 heterocycles. The second-order valence-corrected chi connectivity index (χ2v) is 4.25. The highest BCUT2D eigenvalue weighted by molar-refractivity contribution is 7.10. The zero-order valence-electron chi connectivity index (χ0n) is 8.57. The van der Waals surface area contributed by atoms with Crippen LogP contribution >= 0.6 is 11.3 Å². The molecule has 1 unspecified atom stereocenters. The Kier molecular flexibility index (Phi) is 3.20. The summed E-state index contributed by atoms with van der Waals surface area (Å²) in [5, 5.41) is 2.05. The van der Waals surface area contributed by atoms with Crippen molar-refractivity contribution in [3.05, 3.63) is 46.0 Å². The van der Waals surface area contributed by atoms with Crippen molar-refractivity contribution in [2.24, 2.45) is 5.84 Å². The highest BCUT2D eigenvalue weighted by atomic mass is 32.1. The van der Waals surface area contributed by atoms with Crippen molar-refractivity contribution in [2.75, 3.05) is 0 Å². The minimum absolute atomic E-state index is 0.0405. The van der Waals surface area contributed by atoms with Crippen molar-refractivity contribution in [3.8, 4) is 0 Å². The predicted octanol–water partition coefficient (Wildman–Crippen LogP) is 2.46. The average molecular weight is 222 g/mol. The summed E-state index contributed by atoms with van der Waals surface area (Å²) in [4.78, 5) is 1.20. The second-order valence-electron chi connectivity index (χ2n) is 3.27. The third-order valence-electron chi connectivity index (χ3n) is 2.41. The first-order chi connectivity index (χ1) is 7.36. The van der Waals surface area contributed by atoms with Crippen molar-refractivity contribution in [2.45, 2.75) is 19.4 Å². The van der Waals surface area contributed by atoms with Gasteiger partial charge in [0.25, 0.3) is 0 Å². The molecule has 2 rings (SSSR count). The van der Waals surface area contributed by atoms with E-state index in [0.29, 0.717) is 0 Å². The molecule has 2 aromatic rings. The van der Waals surface area contributed by atoms with Gasteiger partial charge in [-0.05, 0) is 17.5 Å². The topological polar surface area (TPSA) is 51.2 Å². The molecule has 0 radical (unpaired) electrons. The molecule has 15 heavy (non-hydrogen) atoms. The van der Waals surface area contributed by atoms with E-state index >= 15 is 0 Å². The van der Waals surface area contributed by atoms with Crippen LogP contribution in [0.1, 0.15) is 29.2 Å². The lowest BCUT2D eigenvalue weighted by Gasteiger charge is -2.13. The fourth-order valence-corrected chi connectivity index (χ4v) is 2.48. The van der Waals surface area contributed by atoms with E-state index in [1.54, 1.807) is 17.6 Å². The summed E-state index contributed by atoms with van der Waals surface area (Å²) in [5.74, 6) is 6.59. The highest BCUT2D eigenvalue weighted by Gasteiger charge is 2.18. The van der Waals surface area contributed by atoms with Crippen molar-refractivity contribution in [1.29, 1.82) is 0 Å². The first-order valence-electron chi connectivity index (χ1n) is 4.92.